The van der Waals surface area contributed by atoms with Crippen molar-refractivity contribution in [2.24, 2.45) is 7.05 Å². The Kier molecular flexibility index (Phi) is 4.22. The third kappa shape index (κ3) is 3.19. The number of hydrogen-bond acceptors (Lipinski definition) is 4. The Hall–Kier alpha value is -2.83. The van der Waals surface area contributed by atoms with Crippen LogP contribution in [0.25, 0.3) is 0 Å². The number of para-hydroxylation sites is 2. The minimum Gasteiger partial charge on any atom is -0.492 e. The molecule has 0 bridgehead atoms. The number of nitrogens with zero attached hydrogens (tertiary/aromatic N) is 2. The second-order valence-corrected chi connectivity index (χ2v) is 4.33. The molecule has 7 heteroatoms. The van der Waals surface area contributed by atoms with E-state index in [0.717, 1.165) is 0 Å². The van der Waals surface area contributed by atoms with Crippen LogP contribution in [0.5, 0.6) is 5.75 Å². The highest BCUT2D eigenvalue weighted by molar-refractivity contribution is 6.04. The number of nitro groups is 1. The topological polar surface area (TPSA) is 86.4 Å². The molecule has 0 aliphatic carbocycles. The van der Waals surface area contributed by atoms with Gasteiger partial charge in [0.25, 0.3) is 11.6 Å². The van der Waals surface area contributed by atoms with Crippen LogP contribution in [0.1, 0.15) is 17.4 Å². The summed E-state index contributed by atoms with van der Waals surface area (Å²) in [6.45, 7) is 2.32. The molecule has 0 spiro atoms. The van der Waals surface area contributed by atoms with E-state index in [0.29, 0.717) is 18.0 Å². The number of hydrogen-bond donors (Lipinski definition) is 1. The maximum absolute atomic E-state index is 12.2. The summed E-state index contributed by atoms with van der Waals surface area (Å²) < 4.78 is 6.83. The summed E-state index contributed by atoms with van der Waals surface area (Å²) in [4.78, 5) is 22.4. The monoisotopic (exact) mass is 289 g/mol. The van der Waals surface area contributed by atoms with Crippen molar-refractivity contribution in [1.29, 1.82) is 0 Å². The number of ether oxygens (including phenoxy) is 1. The van der Waals surface area contributed by atoms with E-state index in [1.165, 1.54) is 16.8 Å². The molecular weight excluding hydrogens is 274 g/mol. The van der Waals surface area contributed by atoms with Crippen LogP contribution in [-0.4, -0.2) is 22.0 Å². The van der Waals surface area contributed by atoms with Gasteiger partial charge in [-0.3, -0.25) is 14.9 Å². The number of rotatable bonds is 5. The number of aryl methyl sites for hydroxylation is 1. The number of nitrogens with one attached hydrogen (secondary N) is 1. The number of carbonyl (C=O) groups is 1. The zero-order chi connectivity index (χ0) is 15.4. The van der Waals surface area contributed by atoms with Gasteiger partial charge in [-0.25, -0.2) is 0 Å². The van der Waals surface area contributed by atoms with Crippen molar-refractivity contribution in [2.45, 2.75) is 6.92 Å². The molecular formula is C14H15N3O4. The van der Waals surface area contributed by atoms with Gasteiger partial charge in [-0.1, -0.05) is 12.1 Å². The molecule has 1 aromatic heterocycles. The molecule has 1 N–H and O–H groups in total. The van der Waals surface area contributed by atoms with E-state index in [4.69, 9.17) is 4.74 Å². The molecule has 0 aliphatic rings. The molecule has 7 nitrogen and oxygen atoms in total. The third-order valence-corrected chi connectivity index (χ3v) is 2.87. The minimum absolute atomic E-state index is 0.124. The summed E-state index contributed by atoms with van der Waals surface area (Å²) in [6.07, 6.45) is 1.30. The van der Waals surface area contributed by atoms with Crippen molar-refractivity contribution >= 4 is 17.3 Å². The zero-order valence-electron chi connectivity index (χ0n) is 11.7. The molecule has 1 amide bonds. The predicted octanol–water partition coefficient (Wildman–Crippen LogP) is 2.58. The minimum atomic E-state index is -0.537. The van der Waals surface area contributed by atoms with Gasteiger partial charge in [0.05, 0.1) is 23.4 Å². The van der Waals surface area contributed by atoms with Gasteiger partial charge in [0.15, 0.2) is 0 Å². The highest BCUT2D eigenvalue weighted by atomic mass is 16.6. The molecule has 0 fully saturated rings. The largest absolute Gasteiger partial charge is 0.492 e. The number of amides is 1. The number of aromatic nitrogens is 1. The molecule has 21 heavy (non-hydrogen) atoms. The van der Waals surface area contributed by atoms with E-state index >= 15 is 0 Å². The van der Waals surface area contributed by atoms with Gasteiger partial charge < -0.3 is 14.6 Å². The van der Waals surface area contributed by atoms with Gasteiger partial charge in [0.1, 0.15) is 11.4 Å². The molecule has 2 rings (SSSR count). The van der Waals surface area contributed by atoms with Crippen molar-refractivity contribution in [2.75, 3.05) is 11.9 Å². The smallest absolute Gasteiger partial charge is 0.287 e. The van der Waals surface area contributed by atoms with Crippen molar-refractivity contribution in [1.82, 2.24) is 4.57 Å². The van der Waals surface area contributed by atoms with E-state index < -0.39 is 10.8 Å². The second kappa shape index (κ2) is 6.08. The zero-order valence-corrected chi connectivity index (χ0v) is 11.7. The van der Waals surface area contributed by atoms with E-state index in [-0.39, 0.29) is 11.4 Å². The molecule has 0 radical (unpaired) electrons. The van der Waals surface area contributed by atoms with E-state index in [2.05, 4.69) is 5.32 Å². The van der Waals surface area contributed by atoms with E-state index in [9.17, 15) is 14.9 Å². The van der Waals surface area contributed by atoms with Gasteiger partial charge in [-0.2, -0.15) is 0 Å². The molecule has 110 valence electrons. The molecule has 0 unspecified atom stereocenters. The first-order valence-electron chi connectivity index (χ1n) is 6.37. The molecule has 0 atom stereocenters. The first-order valence-corrected chi connectivity index (χ1v) is 6.37. The van der Waals surface area contributed by atoms with Crippen LogP contribution in [-0.2, 0) is 7.05 Å². The number of anilines is 1. The average Bonchev–Trinajstić information content (AvgIpc) is 2.83. The lowest BCUT2D eigenvalue weighted by Crippen LogP contribution is -2.16. The Morgan fingerprint density at radius 1 is 1.43 bits per heavy atom. The van der Waals surface area contributed by atoms with Gasteiger partial charge in [0.2, 0.25) is 0 Å². The average molecular weight is 289 g/mol. The van der Waals surface area contributed by atoms with Gasteiger partial charge in [0, 0.05) is 13.1 Å². The fourth-order valence-corrected chi connectivity index (χ4v) is 1.91. The van der Waals surface area contributed by atoms with Gasteiger partial charge >= 0.3 is 0 Å². The summed E-state index contributed by atoms with van der Waals surface area (Å²) in [6, 6.07) is 8.25. The molecule has 2 aromatic rings. The van der Waals surface area contributed by atoms with Gasteiger partial charge in [-0.15, -0.1) is 0 Å². The quantitative estimate of drug-likeness (QED) is 0.677. The summed E-state index contributed by atoms with van der Waals surface area (Å²) in [7, 11) is 1.58. The highest BCUT2D eigenvalue weighted by Gasteiger charge is 2.18. The Bertz CT molecular complexity index is 679. The van der Waals surface area contributed by atoms with Crippen LogP contribution < -0.4 is 10.1 Å². The number of carbonyl (C=O) groups excluding carboxylic acids is 1. The Morgan fingerprint density at radius 3 is 2.76 bits per heavy atom. The lowest BCUT2D eigenvalue weighted by Gasteiger charge is -2.11. The predicted molar refractivity (Wildman–Crippen MR) is 77.6 cm³/mol. The first kappa shape index (κ1) is 14.6. The Morgan fingerprint density at radius 2 is 2.14 bits per heavy atom. The first-order chi connectivity index (χ1) is 10.0. The van der Waals surface area contributed by atoms with Crippen LogP contribution in [0.15, 0.2) is 36.5 Å². The van der Waals surface area contributed by atoms with Gasteiger partial charge in [-0.05, 0) is 19.1 Å². The SMILES string of the molecule is CCOc1ccccc1NC(=O)c1cc([N+](=O)[O-])cn1C. The third-order valence-electron chi connectivity index (χ3n) is 2.87. The van der Waals surface area contributed by atoms with E-state index in [1.54, 1.807) is 31.3 Å². The fraction of sp³-hybridized carbons (Fsp3) is 0.214. The van der Waals surface area contributed by atoms with Crippen LogP contribution in [0, 0.1) is 10.1 Å². The van der Waals surface area contributed by atoms with Crippen LogP contribution in [0.2, 0.25) is 0 Å². The number of benzene rings is 1. The standard InChI is InChI=1S/C14H15N3O4/c1-3-21-13-7-5-4-6-11(13)15-14(18)12-8-10(17(19)20)9-16(12)2/h4-9H,3H2,1-2H3,(H,15,18). The summed E-state index contributed by atoms with van der Waals surface area (Å²) in [5.41, 5.74) is 0.599. The lowest BCUT2D eigenvalue weighted by atomic mass is 10.2. The molecule has 1 aromatic carbocycles. The van der Waals surface area contributed by atoms with Crippen LogP contribution in [0.4, 0.5) is 11.4 Å². The van der Waals surface area contributed by atoms with Crippen molar-refractivity contribution in [3.8, 4) is 5.75 Å². The fourth-order valence-electron chi connectivity index (χ4n) is 1.91. The Labute approximate surface area is 121 Å². The second-order valence-electron chi connectivity index (χ2n) is 4.33. The van der Waals surface area contributed by atoms with Crippen molar-refractivity contribution in [3.05, 3.63) is 52.3 Å². The van der Waals surface area contributed by atoms with Crippen LogP contribution in [0.3, 0.4) is 0 Å². The molecule has 0 saturated heterocycles. The summed E-state index contributed by atoms with van der Waals surface area (Å²) in [5.74, 6) is 0.120. The summed E-state index contributed by atoms with van der Waals surface area (Å²) in [5, 5.41) is 13.4. The van der Waals surface area contributed by atoms with E-state index in [1.807, 2.05) is 6.92 Å². The van der Waals surface area contributed by atoms with Crippen LogP contribution >= 0.6 is 0 Å². The molecule has 0 saturated carbocycles. The normalized spacial score (nSPS) is 10.2. The Balaban J connectivity index is 2.24. The summed E-state index contributed by atoms with van der Waals surface area (Å²) >= 11 is 0. The lowest BCUT2D eigenvalue weighted by molar-refractivity contribution is -0.384. The molecule has 1 heterocycles. The maximum atomic E-state index is 12.2. The highest BCUT2D eigenvalue weighted by Crippen LogP contribution is 2.25. The van der Waals surface area contributed by atoms with Crippen molar-refractivity contribution in [3.63, 3.8) is 0 Å². The molecule has 0 aliphatic heterocycles. The maximum Gasteiger partial charge on any atom is 0.287 e. The van der Waals surface area contributed by atoms with Crippen molar-refractivity contribution < 1.29 is 14.5 Å².